The van der Waals surface area contributed by atoms with E-state index in [4.69, 9.17) is 29.5 Å². The van der Waals surface area contributed by atoms with Crippen LogP contribution < -0.4 is 29.6 Å². The van der Waals surface area contributed by atoms with Crippen LogP contribution in [-0.4, -0.2) is 40.9 Å². The van der Waals surface area contributed by atoms with Gasteiger partial charge >= 0.3 is 35.5 Å². The van der Waals surface area contributed by atoms with Crippen molar-refractivity contribution in [3.63, 3.8) is 0 Å². The Balaban J connectivity index is -0.000000102. The number of nitrogens with one attached hydrogen (secondary N) is 2. The Morgan fingerprint density at radius 1 is 1.06 bits per heavy atom. The zero-order valence-corrected chi connectivity index (χ0v) is 31.3. The van der Waals surface area contributed by atoms with Crippen LogP contribution >= 0.6 is 115 Å². The third kappa shape index (κ3) is 22.7. The summed E-state index contributed by atoms with van der Waals surface area (Å²) in [5.74, 6) is -0.954. The summed E-state index contributed by atoms with van der Waals surface area (Å²) in [6.45, 7) is 5.65. The second-order valence-electron chi connectivity index (χ2n) is 4.94. The fourth-order valence-corrected chi connectivity index (χ4v) is 1.72. The summed E-state index contributed by atoms with van der Waals surface area (Å²) >= 11 is 18.8. The molecule has 0 aliphatic carbocycles. The fourth-order valence-electron chi connectivity index (χ4n) is 1.41. The van der Waals surface area contributed by atoms with Crippen molar-refractivity contribution in [2.45, 2.75) is 20.2 Å². The van der Waals surface area contributed by atoms with E-state index in [2.05, 4.69) is 107 Å². The van der Waals surface area contributed by atoms with Gasteiger partial charge in [0.25, 0.3) is 0 Å². The molecule has 0 unspecified atom stereocenters. The van der Waals surface area contributed by atoms with Crippen molar-refractivity contribution in [1.82, 2.24) is 19.1 Å². The number of H-pyrrole nitrogens is 2. The van der Waals surface area contributed by atoms with Gasteiger partial charge < -0.3 is 52.3 Å². The monoisotopic (exact) mass is 968 g/mol. The number of ketones is 1. The number of aromatic nitrogens is 4. The van der Waals surface area contributed by atoms with Crippen molar-refractivity contribution in [3.8, 4) is 0 Å². The first-order valence-electron chi connectivity index (χ1n) is 7.35. The first kappa shape index (κ1) is 43.5. The molecule has 4 N–H and O–H groups in total. The van der Waals surface area contributed by atoms with Gasteiger partial charge in [-0.15, -0.1) is 0 Å². The number of hydrogen-bond acceptors (Lipinski definition) is 5. The summed E-state index contributed by atoms with van der Waals surface area (Å²) in [6, 6.07) is 0. The van der Waals surface area contributed by atoms with Crippen LogP contribution in [0, 0.1) is 14.0 Å². The van der Waals surface area contributed by atoms with Gasteiger partial charge in [0.2, 0.25) is 0 Å². The number of imidazole rings is 2. The smallest absolute Gasteiger partial charge is 0.870 e. The number of carboxylic acid groups (broad SMARTS) is 1. The number of carboxylic acids is 1. The number of aromatic amines is 2. The molecule has 0 aromatic carbocycles. The molecule has 2 aromatic heterocycles. The molecule has 8 nitrogen and oxygen atoms in total. The normalized spacial score (nSPS) is 8.81. The molecule has 2 aromatic rings. The topological polar surface area (TPSA) is 126 Å². The molecular formula is C15H22I4N4NaO4S2V-. The van der Waals surface area contributed by atoms with Crippen LogP contribution in [0.5, 0.6) is 0 Å². The zero-order valence-electron chi connectivity index (χ0n) is 17.6. The van der Waals surface area contributed by atoms with Crippen LogP contribution in [0.1, 0.15) is 41.7 Å². The Hall–Kier alpha value is 2.46. The van der Waals surface area contributed by atoms with Crippen molar-refractivity contribution < 1.29 is 68.3 Å². The quantitative estimate of drug-likeness (QED) is 0.106. The van der Waals surface area contributed by atoms with E-state index in [0.29, 0.717) is 14.7 Å². The molecule has 173 valence electrons. The van der Waals surface area contributed by atoms with Crippen molar-refractivity contribution in [3.05, 3.63) is 37.8 Å². The third-order valence-corrected chi connectivity index (χ3v) is 3.36. The molecule has 0 aliphatic heterocycles. The van der Waals surface area contributed by atoms with Crippen LogP contribution in [0.25, 0.3) is 0 Å². The average Bonchev–Trinajstić information content (AvgIpc) is 3.03. The summed E-state index contributed by atoms with van der Waals surface area (Å²) in [5.41, 5.74) is 0.787. The minimum atomic E-state index is -0.977. The third-order valence-electron chi connectivity index (χ3n) is 2.58. The number of carbonyl (C=O) groups is 2. The molecule has 0 spiro atoms. The minimum Gasteiger partial charge on any atom is -0.870 e. The average molecular weight is 968 g/mol. The number of Topliss-reactive ketones (excluding diaryl/α,β-unsaturated/α-hetero) is 1. The molecule has 0 amide bonds. The van der Waals surface area contributed by atoms with Gasteiger partial charge in [0.1, 0.15) is 10.8 Å². The van der Waals surface area contributed by atoms with E-state index in [0.717, 1.165) is 0 Å². The molecule has 0 saturated heterocycles. The SMILES string of the molecule is CC(=O)c1c[nH]c(=S)n1C.CC(I)(I)I.C[CH-]I.Cn1c(C(=O)O)c[nH]c1=S.[Na+].[OH-].[V]. The van der Waals surface area contributed by atoms with E-state index >= 15 is 0 Å². The Morgan fingerprint density at radius 3 is 1.42 bits per heavy atom. The summed E-state index contributed by atoms with van der Waals surface area (Å²) in [7, 11) is 3.36. The Morgan fingerprint density at radius 2 is 1.32 bits per heavy atom. The standard InChI is InChI=1S/C6H8N2OS.C5H6N2O2S.C2H3I3.C2H4I.Na.H2O.V/c1-4(9)5-3-7-6(10)8(5)2;1-7-3(4(8)9)2-6-5(7)10;1-2(3,4)5;1-2-3;;;/h3H,1-2H3,(H,7,10);2H,1H3,(H,6,10)(H,8,9);1H3;2H,1H3;;1H2;/q;;;-1;+1;;/p-1. The maximum atomic E-state index is 10.8. The number of hydrogen-bond donors (Lipinski definition) is 3. The Bertz CT molecular complexity index is 811. The van der Waals surface area contributed by atoms with Gasteiger partial charge in [-0.1, -0.05) is 67.8 Å². The molecule has 16 heteroatoms. The van der Waals surface area contributed by atoms with Gasteiger partial charge in [-0.3, -0.25) is 9.22 Å². The summed E-state index contributed by atoms with van der Waals surface area (Å²) in [4.78, 5) is 26.5. The van der Waals surface area contributed by atoms with Crippen molar-refractivity contribution in [1.29, 1.82) is 0 Å². The van der Waals surface area contributed by atoms with Crippen LogP contribution in [0.3, 0.4) is 0 Å². The maximum Gasteiger partial charge on any atom is 1.00 e. The number of aromatic carboxylic acids is 1. The van der Waals surface area contributed by atoms with Crippen LogP contribution in [0.2, 0.25) is 0 Å². The van der Waals surface area contributed by atoms with Gasteiger partial charge in [-0.2, -0.15) is 6.92 Å². The van der Waals surface area contributed by atoms with E-state index < -0.39 is 5.97 Å². The number of rotatable bonds is 2. The van der Waals surface area contributed by atoms with Gasteiger partial charge in [0.15, 0.2) is 15.3 Å². The molecule has 0 bridgehead atoms. The van der Waals surface area contributed by atoms with Crippen LogP contribution in [0.4, 0.5) is 0 Å². The van der Waals surface area contributed by atoms with E-state index in [1.54, 1.807) is 24.9 Å². The van der Waals surface area contributed by atoms with Gasteiger partial charge in [-0.05, 0) is 31.4 Å². The second kappa shape index (κ2) is 22.9. The molecule has 0 aliphatic rings. The summed E-state index contributed by atoms with van der Waals surface area (Å²) < 4.78 is 6.42. The first-order chi connectivity index (χ1) is 12.7. The Labute approximate surface area is 281 Å². The van der Waals surface area contributed by atoms with Gasteiger partial charge in [-0.25, -0.2) is 4.79 Å². The second-order valence-corrected chi connectivity index (χ2v) is 19.6. The maximum absolute atomic E-state index is 10.8. The van der Waals surface area contributed by atoms with Crippen LogP contribution in [0.15, 0.2) is 12.4 Å². The zero-order chi connectivity index (χ0) is 22.7. The summed E-state index contributed by atoms with van der Waals surface area (Å²) in [5, 5.41) is 8.49. The van der Waals surface area contributed by atoms with Crippen molar-refractivity contribution >= 4 is 127 Å². The van der Waals surface area contributed by atoms with Crippen LogP contribution in [-0.2, 0) is 32.7 Å². The molecule has 2 rings (SSSR count). The molecule has 1 radical (unpaired) electrons. The predicted octanol–water partition coefficient (Wildman–Crippen LogP) is 3.46. The molecule has 31 heavy (non-hydrogen) atoms. The number of alkyl halides is 3. The molecule has 0 fully saturated rings. The predicted molar refractivity (Wildman–Crippen MR) is 155 cm³/mol. The number of halogens is 4. The largest absolute Gasteiger partial charge is 1.00 e. The Kier molecular flexibility index (Phi) is 32.2. The molecule has 2 heterocycles. The van der Waals surface area contributed by atoms with E-state index in [-0.39, 0.29) is 65.1 Å². The number of nitrogens with zero attached hydrogens (tertiary/aromatic N) is 2. The van der Waals surface area contributed by atoms with E-state index in [9.17, 15) is 9.59 Å². The van der Waals surface area contributed by atoms with Crippen molar-refractivity contribution in [2.75, 3.05) is 0 Å². The molecule has 0 atom stereocenters. The summed E-state index contributed by atoms with van der Waals surface area (Å²) in [6.07, 6.45) is 2.98. The van der Waals surface area contributed by atoms with Gasteiger partial charge in [0, 0.05) is 52.0 Å². The van der Waals surface area contributed by atoms with E-state index in [1.165, 1.54) is 17.7 Å². The first-order valence-corrected chi connectivity index (χ1v) is 12.6. The minimum absolute atomic E-state index is 0. The van der Waals surface area contributed by atoms with Gasteiger partial charge in [0.05, 0.1) is 0 Å². The number of carbonyl (C=O) groups excluding carboxylic acids is 1. The molecular weight excluding hydrogens is 946 g/mol. The van der Waals surface area contributed by atoms with E-state index in [1.807, 2.05) is 11.4 Å². The molecule has 0 saturated carbocycles. The fraction of sp³-hybridized carbons (Fsp3) is 0.400. The van der Waals surface area contributed by atoms with Crippen molar-refractivity contribution in [2.24, 2.45) is 14.1 Å².